The summed E-state index contributed by atoms with van der Waals surface area (Å²) in [7, 11) is 0. The van der Waals surface area contributed by atoms with E-state index < -0.39 is 16.9 Å². The number of non-ortho nitro benzene ring substituents is 1. The van der Waals surface area contributed by atoms with E-state index in [9.17, 15) is 24.5 Å². The van der Waals surface area contributed by atoms with E-state index in [1.165, 1.54) is 52.4 Å². The molecule has 1 saturated heterocycles. The molecular formula is C18H16N2O7S2. The van der Waals surface area contributed by atoms with Crippen LogP contribution in [0.25, 0.3) is 0 Å². The SMILES string of the molecule is CCOC(=O)/C=C\SC1=C(C(=O)OCc2ccc([N+](=O)[O-])cc2)N2C(=O)C[C@@H]2S1. The van der Waals surface area contributed by atoms with E-state index in [0.717, 1.165) is 11.8 Å². The van der Waals surface area contributed by atoms with Gasteiger partial charge in [-0.15, -0.1) is 0 Å². The van der Waals surface area contributed by atoms with Gasteiger partial charge in [-0.2, -0.15) is 0 Å². The fraction of sp³-hybridized carbons (Fsp3) is 0.278. The number of amides is 1. The first-order chi connectivity index (χ1) is 13.9. The number of carbonyl (C=O) groups excluding carboxylic acids is 3. The lowest BCUT2D eigenvalue weighted by Crippen LogP contribution is -2.48. The third kappa shape index (κ3) is 4.80. The molecule has 0 N–H and O–H groups in total. The average Bonchev–Trinajstić information content (AvgIpc) is 2.98. The van der Waals surface area contributed by atoms with E-state index in [-0.39, 0.29) is 35.9 Å². The Balaban J connectivity index is 1.68. The number of rotatable bonds is 8. The van der Waals surface area contributed by atoms with Crippen molar-refractivity contribution in [2.75, 3.05) is 6.61 Å². The number of β-lactam (4-membered cyclic amide) rings is 1. The molecule has 2 aliphatic rings. The summed E-state index contributed by atoms with van der Waals surface area (Å²) in [6, 6.07) is 5.64. The Labute approximate surface area is 174 Å². The first kappa shape index (κ1) is 20.9. The molecule has 1 atom stereocenters. The molecular weight excluding hydrogens is 420 g/mol. The van der Waals surface area contributed by atoms with E-state index in [4.69, 9.17) is 9.47 Å². The van der Waals surface area contributed by atoms with Crippen LogP contribution >= 0.6 is 23.5 Å². The summed E-state index contributed by atoms with van der Waals surface area (Å²) in [5.41, 5.74) is 0.672. The first-order valence-corrected chi connectivity index (χ1v) is 10.3. The van der Waals surface area contributed by atoms with Crippen molar-refractivity contribution in [3.63, 3.8) is 0 Å². The molecule has 29 heavy (non-hydrogen) atoms. The number of hydrogen-bond donors (Lipinski definition) is 0. The van der Waals surface area contributed by atoms with Crippen molar-refractivity contribution in [3.05, 3.63) is 61.4 Å². The maximum absolute atomic E-state index is 12.6. The van der Waals surface area contributed by atoms with Crippen LogP contribution in [0.2, 0.25) is 0 Å². The minimum Gasteiger partial charge on any atom is -0.463 e. The highest BCUT2D eigenvalue weighted by molar-refractivity contribution is 8.24. The molecule has 1 fully saturated rings. The summed E-state index contributed by atoms with van der Waals surface area (Å²) >= 11 is 2.50. The number of esters is 2. The van der Waals surface area contributed by atoms with E-state index >= 15 is 0 Å². The van der Waals surface area contributed by atoms with Crippen LogP contribution in [0, 0.1) is 10.1 Å². The summed E-state index contributed by atoms with van der Waals surface area (Å²) in [6.07, 6.45) is 1.58. The van der Waals surface area contributed by atoms with E-state index in [0.29, 0.717) is 16.2 Å². The fourth-order valence-corrected chi connectivity index (χ4v) is 4.98. The van der Waals surface area contributed by atoms with Crippen LogP contribution in [0.1, 0.15) is 18.9 Å². The van der Waals surface area contributed by atoms with Crippen molar-refractivity contribution in [2.45, 2.75) is 25.3 Å². The lowest BCUT2D eigenvalue weighted by atomic mass is 10.2. The summed E-state index contributed by atoms with van der Waals surface area (Å²) in [6.45, 7) is 1.87. The third-order valence-corrected chi connectivity index (χ3v) is 6.27. The number of carbonyl (C=O) groups is 3. The Bertz CT molecular complexity index is 911. The van der Waals surface area contributed by atoms with Crippen LogP contribution in [-0.4, -0.2) is 39.6 Å². The summed E-state index contributed by atoms with van der Waals surface area (Å²) in [5, 5.41) is 12.0. The number of fused-ring (bicyclic) bond motifs is 1. The van der Waals surface area contributed by atoms with Gasteiger partial charge in [-0.05, 0) is 30.0 Å². The number of ether oxygens (including phenoxy) is 2. The molecule has 152 valence electrons. The number of nitrogens with zero attached hydrogens (tertiary/aromatic N) is 2. The molecule has 0 unspecified atom stereocenters. The average molecular weight is 436 g/mol. The van der Waals surface area contributed by atoms with Crippen molar-refractivity contribution >= 4 is 47.1 Å². The van der Waals surface area contributed by atoms with Gasteiger partial charge in [0, 0.05) is 18.2 Å². The van der Waals surface area contributed by atoms with Crippen molar-refractivity contribution in [1.29, 1.82) is 0 Å². The van der Waals surface area contributed by atoms with Gasteiger partial charge in [-0.3, -0.25) is 19.8 Å². The van der Waals surface area contributed by atoms with Crippen molar-refractivity contribution in [2.24, 2.45) is 0 Å². The summed E-state index contributed by atoms with van der Waals surface area (Å²) < 4.78 is 10.7. The van der Waals surface area contributed by atoms with Crippen molar-refractivity contribution in [1.82, 2.24) is 4.90 Å². The molecule has 0 radical (unpaired) electrons. The second-order valence-corrected chi connectivity index (χ2v) is 8.21. The molecule has 3 rings (SSSR count). The highest BCUT2D eigenvalue weighted by Crippen LogP contribution is 2.51. The van der Waals surface area contributed by atoms with E-state index in [2.05, 4.69) is 0 Å². The maximum Gasteiger partial charge on any atom is 0.357 e. The molecule has 1 amide bonds. The van der Waals surface area contributed by atoms with Crippen LogP contribution in [0.5, 0.6) is 0 Å². The van der Waals surface area contributed by atoms with Crippen LogP contribution in [0.15, 0.2) is 45.7 Å². The molecule has 0 bridgehead atoms. The Morgan fingerprint density at radius 3 is 2.69 bits per heavy atom. The van der Waals surface area contributed by atoms with Gasteiger partial charge < -0.3 is 9.47 Å². The van der Waals surface area contributed by atoms with Gasteiger partial charge >= 0.3 is 11.9 Å². The van der Waals surface area contributed by atoms with E-state index in [1.54, 1.807) is 6.92 Å². The maximum atomic E-state index is 12.6. The van der Waals surface area contributed by atoms with Gasteiger partial charge in [0.2, 0.25) is 5.91 Å². The second kappa shape index (κ2) is 9.14. The standard InChI is InChI=1S/C18H16N2O7S2/c1-2-26-15(22)7-8-28-18-16(19-13(21)9-14(19)29-18)17(23)27-10-11-3-5-12(6-4-11)20(24)25/h3-8,14H,2,9-10H2,1H3/b8-7-/t14-/m0/s1. The Hall–Kier alpha value is -2.79. The predicted molar refractivity (Wildman–Crippen MR) is 106 cm³/mol. The molecule has 0 aliphatic carbocycles. The Morgan fingerprint density at radius 1 is 1.34 bits per heavy atom. The van der Waals surface area contributed by atoms with Crippen LogP contribution in [-0.2, 0) is 30.5 Å². The molecule has 2 heterocycles. The van der Waals surface area contributed by atoms with Gasteiger partial charge in [-0.1, -0.05) is 23.5 Å². The molecule has 0 spiro atoms. The van der Waals surface area contributed by atoms with Crippen LogP contribution < -0.4 is 0 Å². The minimum atomic E-state index is -0.668. The molecule has 2 aliphatic heterocycles. The molecule has 0 aromatic heterocycles. The highest BCUT2D eigenvalue weighted by Gasteiger charge is 2.49. The van der Waals surface area contributed by atoms with Crippen molar-refractivity contribution in [3.8, 4) is 0 Å². The highest BCUT2D eigenvalue weighted by atomic mass is 32.2. The van der Waals surface area contributed by atoms with Crippen LogP contribution in [0.3, 0.4) is 0 Å². The predicted octanol–water partition coefficient (Wildman–Crippen LogP) is 2.92. The second-order valence-electron chi connectivity index (χ2n) is 5.85. The number of thioether (sulfide) groups is 2. The summed E-state index contributed by atoms with van der Waals surface area (Å²) in [4.78, 5) is 47.5. The van der Waals surface area contributed by atoms with Crippen molar-refractivity contribution < 1.29 is 28.8 Å². The molecule has 1 aromatic carbocycles. The normalized spacial score (nSPS) is 17.9. The lowest BCUT2D eigenvalue weighted by molar-refractivity contribution is -0.384. The third-order valence-electron chi connectivity index (χ3n) is 3.96. The number of nitro groups is 1. The topological polar surface area (TPSA) is 116 Å². The monoisotopic (exact) mass is 436 g/mol. The first-order valence-electron chi connectivity index (χ1n) is 8.54. The van der Waals surface area contributed by atoms with Gasteiger partial charge in [0.1, 0.15) is 6.61 Å². The Morgan fingerprint density at radius 2 is 2.07 bits per heavy atom. The zero-order valence-corrected chi connectivity index (χ0v) is 16.9. The molecule has 9 nitrogen and oxygen atoms in total. The minimum absolute atomic E-state index is 0.0592. The van der Waals surface area contributed by atoms with Gasteiger partial charge in [0.05, 0.1) is 27.6 Å². The summed E-state index contributed by atoms with van der Waals surface area (Å²) in [5.74, 6) is -1.33. The van der Waals surface area contributed by atoms with Crippen LogP contribution in [0.4, 0.5) is 5.69 Å². The zero-order valence-electron chi connectivity index (χ0n) is 15.2. The number of nitro benzene ring substituents is 1. The lowest BCUT2D eigenvalue weighted by Gasteiger charge is -2.34. The number of hydrogen-bond acceptors (Lipinski definition) is 9. The zero-order chi connectivity index (χ0) is 21.0. The quantitative estimate of drug-likeness (QED) is 0.199. The van der Waals surface area contributed by atoms with Gasteiger partial charge in [-0.25, -0.2) is 9.59 Å². The van der Waals surface area contributed by atoms with E-state index in [1.807, 2.05) is 0 Å². The smallest absolute Gasteiger partial charge is 0.357 e. The van der Waals surface area contributed by atoms with Gasteiger partial charge in [0.25, 0.3) is 5.69 Å². The molecule has 1 aromatic rings. The van der Waals surface area contributed by atoms with Gasteiger partial charge in [0.15, 0.2) is 5.70 Å². The largest absolute Gasteiger partial charge is 0.463 e. The molecule has 0 saturated carbocycles. The fourth-order valence-electron chi connectivity index (χ4n) is 2.57. The molecule has 11 heteroatoms. The Kier molecular flexibility index (Phi) is 6.60. The number of benzene rings is 1.